The number of benzene rings is 2. The molecule has 0 saturated carbocycles. The van der Waals surface area contributed by atoms with Gasteiger partial charge in [0.25, 0.3) is 0 Å². The summed E-state index contributed by atoms with van der Waals surface area (Å²) in [5.74, 6) is 1.25. The summed E-state index contributed by atoms with van der Waals surface area (Å²) in [7, 11) is 0. The highest BCUT2D eigenvalue weighted by molar-refractivity contribution is 6.31. The zero-order chi connectivity index (χ0) is 21.1. The maximum atomic E-state index is 12.0. The molecule has 0 unspecified atom stereocenters. The molecule has 1 aromatic heterocycles. The third-order valence-corrected chi connectivity index (χ3v) is 5.34. The van der Waals surface area contributed by atoms with Crippen LogP contribution in [0, 0.1) is 6.92 Å². The van der Waals surface area contributed by atoms with Gasteiger partial charge in [-0.3, -0.25) is 4.90 Å². The summed E-state index contributed by atoms with van der Waals surface area (Å²) in [5, 5.41) is 3.34. The second kappa shape index (κ2) is 8.90. The monoisotopic (exact) mass is 425 g/mol. The fourth-order valence-electron chi connectivity index (χ4n) is 3.50. The number of halogens is 1. The van der Waals surface area contributed by atoms with E-state index in [1.807, 2.05) is 19.1 Å². The van der Waals surface area contributed by atoms with Crippen molar-refractivity contribution in [3.8, 4) is 11.3 Å². The van der Waals surface area contributed by atoms with Crippen LogP contribution in [0.2, 0.25) is 5.02 Å². The molecule has 156 valence electrons. The molecule has 0 aliphatic carbocycles. The van der Waals surface area contributed by atoms with Gasteiger partial charge in [-0.05, 0) is 48.7 Å². The normalized spacial score (nSPS) is 13.7. The van der Waals surface area contributed by atoms with E-state index in [0.717, 1.165) is 22.4 Å². The maximum Gasteiger partial charge on any atom is 0.321 e. The standard InChI is InChI=1S/C23H24ClN3O3/c1-3-29-14-16-5-4-15(2)17(8-16)11-22-26-13-21(30-22)18-9-19(24)12-20(10-18)27-7-6-25-23(27)28/h4-5,8-10,12-13H,3,6-7,11,14H2,1-2H3,(H,25,28). The molecule has 30 heavy (non-hydrogen) atoms. The predicted octanol–water partition coefficient (Wildman–Crippen LogP) is 4.96. The number of aryl methyl sites for hydroxylation is 1. The van der Waals surface area contributed by atoms with Gasteiger partial charge in [0, 0.05) is 42.4 Å². The van der Waals surface area contributed by atoms with Crippen molar-refractivity contribution in [2.75, 3.05) is 24.6 Å². The fourth-order valence-corrected chi connectivity index (χ4v) is 3.73. The van der Waals surface area contributed by atoms with Crippen LogP contribution >= 0.6 is 11.6 Å². The number of carbonyl (C=O) groups is 1. The van der Waals surface area contributed by atoms with E-state index in [0.29, 0.717) is 49.4 Å². The minimum absolute atomic E-state index is 0.121. The maximum absolute atomic E-state index is 12.0. The Labute approximate surface area is 180 Å². The number of nitrogens with one attached hydrogen (secondary N) is 1. The first-order valence-corrected chi connectivity index (χ1v) is 10.4. The molecule has 0 spiro atoms. The van der Waals surface area contributed by atoms with Crippen molar-refractivity contribution in [1.29, 1.82) is 0 Å². The van der Waals surface area contributed by atoms with Gasteiger partial charge in [0.05, 0.1) is 12.8 Å². The SMILES string of the molecule is CCOCc1ccc(C)c(Cc2ncc(-c3cc(Cl)cc(N4CCNC4=O)c3)o2)c1. The number of ether oxygens (including phenoxy) is 1. The van der Waals surface area contributed by atoms with Crippen LogP contribution in [-0.4, -0.2) is 30.7 Å². The first-order valence-electron chi connectivity index (χ1n) is 10.0. The van der Waals surface area contributed by atoms with E-state index >= 15 is 0 Å². The van der Waals surface area contributed by atoms with Crippen molar-refractivity contribution in [3.63, 3.8) is 0 Å². The van der Waals surface area contributed by atoms with Crippen LogP contribution in [0.5, 0.6) is 0 Å². The Morgan fingerprint density at radius 2 is 2.13 bits per heavy atom. The van der Waals surface area contributed by atoms with Crippen molar-refractivity contribution < 1.29 is 13.9 Å². The van der Waals surface area contributed by atoms with E-state index in [-0.39, 0.29) is 6.03 Å². The Balaban J connectivity index is 1.56. The van der Waals surface area contributed by atoms with Crippen LogP contribution < -0.4 is 10.2 Å². The number of oxazole rings is 1. The number of urea groups is 1. The summed E-state index contributed by atoms with van der Waals surface area (Å²) in [4.78, 5) is 18.1. The van der Waals surface area contributed by atoms with E-state index < -0.39 is 0 Å². The fraction of sp³-hybridized carbons (Fsp3) is 0.304. The van der Waals surface area contributed by atoms with E-state index in [4.69, 9.17) is 20.8 Å². The smallest absolute Gasteiger partial charge is 0.321 e. The lowest BCUT2D eigenvalue weighted by Crippen LogP contribution is -2.27. The molecule has 2 amide bonds. The number of hydrogen-bond donors (Lipinski definition) is 1. The van der Waals surface area contributed by atoms with Crippen molar-refractivity contribution in [1.82, 2.24) is 10.3 Å². The van der Waals surface area contributed by atoms with Gasteiger partial charge in [-0.2, -0.15) is 0 Å². The van der Waals surface area contributed by atoms with Crippen LogP contribution in [0.3, 0.4) is 0 Å². The average molecular weight is 426 g/mol. The van der Waals surface area contributed by atoms with Gasteiger partial charge in [-0.15, -0.1) is 0 Å². The number of aromatic nitrogens is 1. The van der Waals surface area contributed by atoms with Crippen molar-refractivity contribution >= 4 is 23.3 Å². The van der Waals surface area contributed by atoms with Gasteiger partial charge in [-0.25, -0.2) is 9.78 Å². The van der Waals surface area contributed by atoms with E-state index in [2.05, 4.69) is 35.4 Å². The van der Waals surface area contributed by atoms with Gasteiger partial charge >= 0.3 is 6.03 Å². The summed E-state index contributed by atoms with van der Waals surface area (Å²) >= 11 is 6.31. The van der Waals surface area contributed by atoms with Gasteiger partial charge in [0.2, 0.25) is 0 Å². The summed E-state index contributed by atoms with van der Waals surface area (Å²) < 4.78 is 11.5. The summed E-state index contributed by atoms with van der Waals surface area (Å²) in [6, 6.07) is 11.7. The summed E-state index contributed by atoms with van der Waals surface area (Å²) in [5.41, 5.74) is 5.00. The molecule has 2 aromatic carbocycles. The molecule has 7 heteroatoms. The molecular formula is C23H24ClN3O3. The second-order valence-corrected chi connectivity index (χ2v) is 7.71. The third-order valence-electron chi connectivity index (χ3n) is 5.12. The first-order chi connectivity index (χ1) is 14.5. The first kappa shape index (κ1) is 20.4. The van der Waals surface area contributed by atoms with Gasteiger partial charge in [0.15, 0.2) is 11.7 Å². The largest absolute Gasteiger partial charge is 0.440 e. The van der Waals surface area contributed by atoms with Crippen molar-refractivity contribution in [3.05, 3.63) is 70.2 Å². The van der Waals surface area contributed by atoms with Crippen LogP contribution in [0.15, 0.2) is 47.0 Å². The Morgan fingerprint density at radius 1 is 1.27 bits per heavy atom. The Bertz CT molecular complexity index is 1060. The number of anilines is 1. The predicted molar refractivity (Wildman–Crippen MR) is 117 cm³/mol. The minimum atomic E-state index is -0.121. The van der Waals surface area contributed by atoms with Gasteiger partial charge < -0.3 is 14.5 Å². The molecule has 6 nitrogen and oxygen atoms in total. The average Bonchev–Trinajstić information content (AvgIpc) is 3.37. The molecule has 0 radical (unpaired) electrons. The lowest BCUT2D eigenvalue weighted by Gasteiger charge is -2.15. The molecule has 1 N–H and O–H groups in total. The van der Waals surface area contributed by atoms with Crippen LogP contribution in [-0.2, 0) is 17.8 Å². The van der Waals surface area contributed by atoms with E-state index in [9.17, 15) is 4.79 Å². The Kier molecular flexibility index (Phi) is 6.06. The number of hydrogen-bond acceptors (Lipinski definition) is 4. The zero-order valence-electron chi connectivity index (χ0n) is 17.1. The summed E-state index contributed by atoms with van der Waals surface area (Å²) in [6.07, 6.45) is 2.29. The van der Waals surface area contributed by atoms with E-state index in [1.54, 1.807) is 17.2 Å². The number of nitrogens with zero attached hydrogens (tertiary/aromatic N) is 2. The van der Waals surface area contributed by atoms with Gasteiger partial charge in [0.1, 0.15) is 0 Å². The number of rotatable bonds is 7. The summed E-state index contributed by atoms with van der Waals surface area (Å²) in [6.45, 7) is 6.57. The van der Waals surface area contributed by atoms with Crippen molar-refractivity contribution in [2.45, 2.75) is 26.9 Å². The zero-order valence-corrected chi connectivity index (χ0v) is 17.8. The van der Waals surface area contributed by atoms with Crippen LogP contribution in [0.1, 0.15) is 29.5 Å². The molecule has 1 aliphatic heterocycles. The lowest BCUT2D eigenvalue weighted by atomic mass is 10.0. The molecule has 0 atom stereocenters. The quantitative estimate of drug-likeness (QED) is 0.580. The molecule has 4 rings (SSSR count). The van der Waals surface area contributed by atoms with Crippen LogP contribution in [0.4, 0.5) is 10.5 Å². The second-order valence-electron chi connectivity index (χ2n) is 7.27. The third kappa shape index (κ3) is 4.50. The molecule has 0 bridgehead atoms. The van der Waals surface area contributed by atoms with E-state index in [1.165, 1.54) is 5.56 Å². The molecule has 1 aliphatic rings. The highest BCUT2D eigenvalue weighted by Gasteiger charge is 2.22. The number of carbonyl (C=O) groups excluding carboxylic acids is 1. The highest BCUT2D eigenvalue weighted by atomic mass is 35.5. The lowest BCUT2D eigenvalue weighted by molar-refractivity contribution is 0.134. The minimum Gasteiger partial charge on any atom is -0.440 e. The van der Waals surface area contributed by atoms with Crippen LogP contribution in [0.25, 0.3) is 11.3 Å². The molecule has 3 aromatic rings. The topological polar surface area (TPSA) is 67.6 Å². The molecule has 2 heterocycles. The Hall–Kier alpha value is -2.83. The van der Waals surface area contributed by atoms with Gasteiger partial charge in [-0.1, -0.05) is 29.8 Å². The molecular weight excluding hydrogens is 402 g/mol. The Morgan fingerprint density at radius 3 is 2.90 bits per heavy atom. The highest BCUT2D eigenvalue weighted by Crippen LogP contribution is 2.31. The number of amides is 2. The molecule has 1 fully saturated rings. The van der Waals surface area contributed by atoms with Crippen molar-refractivity contribution in [2.24, 2.45) is 0 Å². The molecule has 1 saturated heterocycles.